The number of benzene rings is 2. The largest absolute Gasteiger partial charge is 0.345 e. The van der Waals surface area contributed by atoms with E-state index in [2.05, 4.69) is 26.2 Å². The van der Waals surface area contributed by atoms with Crippen LogP contribution in [-0.2, 0) is 0 Å². The Morgan fingerprint density at radius 3 is 2.90 bits per heavy atom. The summed E-state index contributed by atoms with van der Waals surface area (Å²) in [5.41, 5.74) is 4.43. The average molecular weight is 361 g/mol. The molecule has 0 radical (unpaired) electrons. The van der Waals surface area contributed by atoms with Gasteiger partial charge in [0, 0.05) is 10.0 Å². The Kier molecular flexibility index (Phi) is 4.03. The molecular formula is C16H13BrN2OS. The highest BCUT2D eigenvalue weighted by Crippen LogP contribution is 2.24. The lowest BCUT2D eigenvalue weighted by molar-refractivity contribution is 0.0940. The number of nitrogens with zero attached hydrogens (tertiary/aromatic N) is 1. The molecule has 1 N–H and O–H groups in total. The lowest BCUT2D eigenvalue weighted by atomic mass is 10.1. The Morgan fingerprint density at radius 2 is 2.10 bits per heavy atom. The van der Waals surface area contributed by atoms with Crippen molar-refractivity contribution in [3.63, 3.8) is 0 Å². The Bertz CT molecular complexity index is 800. The number of hydrogen-bond donors (Lipinski definition) is 1. The quantitative estimate of drug-likeness (QED) is 0.744. The Balaban J connectivity index is 1.81. The summed E-state index contributed by atoms with van der Waals surface area (Å²) >= 11 is 5.05. The van der Waals surface area contributed by atoms with E-state index < -0.39 is 0 Å². The number of hydrogen-bond acceptors (Lipinski definition) is 3. The first-order valence-corrected chi connectivity index (χ1v) is 8.21. The third-order valence-electron chi connectivity index (χ3n) is 3.31. The monoisotopic (exact) mass is 360 g/mol. The van der Waals surface area contributed by atoms with Gasteiger partial charge >= 0.3 is 0 Å². The molecule has 1 aromatic heterocycles. The third kappa shape index (κ3) is 2.99. The summed E-state index contributed by atoms with van der Waals surface area (Å²) in [6.07, 6.45) is 0. The molecule has 0 aliphatic carbocycles. The van der Waals surface area contributed by atoms with E-state index in [0.29, 0.717) is 5.56 Å². The molecule has 0 spiro atoms. The van der Waals surface area contributed by atoms with E-state index in [0.717, 1.165) is 20.3 Å². The van der Waals surface area contributed by atoms with Gasteiger partial charge in [0.25, 0.3) is 5.91 Å². The number of aromatic nitrogens is 1. The first-order valence-electron chi connectivity index (χ1n) is 6.53. The Labute approximate surface area is 135 Å². The fourth-order valence-electron chi connectivity index (χ4n) is 2.18. The van der Waals surface area contributed by atoms with Crippen LogP contribution in [0.5, 0.6) is 0 Å². The van der Waals surface area contributed by atoms with Crippen LogP contribution in [0.4, 0.5) is 0 Å². The summed E-state index contributed by atoms with van der Waals surface area (Å²) in [6, 6.07) is 13.4. The summed E-state index contributed by atoms with van der Waals surface area (Å²) in [7, 11) is 0. The normalized spacial score (nSPS) is 12.3. The predicted molar refractivity (Wildman–Crippen MR) is 89.6 cm³/mol. The first-order chi connectivity index (χ1) is 10.1. The summed E-state index contributed by atoms with van der Waals surface area (Å²) < 4.78 is 2.02. The first kappa shape index (κ1) is 14.2. The molecule has 3 nitrogen and oxygen atoms in total. The Morgan fingerprint density at radius 1 is 1.29 bits per heavy atom. The van der Waals surface area contributed by atoms with E-state index in [9.17, 15) is 4.79 Å². The summed E-state index contributed by atoms with van der Waals surface area (Å²) in [5.74, 6) is -0.0754. The molecule has 3 rings (SSSR count). The Hall–Kier alpha value is -1.72. The van der Waals surface area contributed by atoms with Crippen LogP contribution in [-0.4, -0.2) is 10.9 Å². The minimum absolute atomic E-state index is 0.0646. The van der Waals surface area contributed by atoms with Gasteiger partial charge < -0.3 is 5.32 Å². The molecule has 1 heterocycles. The molecule has 3 aromatic rings. The fraction of sp³-hybridized carbons (Fsp3) is 0.125. The van der Waals surface area contributed by atoms with Crippen LogP contribution in [0.15, 0.2) is 52.4 Å². The number of carbonyl (C=O) groups excluding carboxylic acids is 1. The van der Waals surface area contributed by atoms with Crippen LogP contribution < -0.4 is 5.32 Å². The van der Waals surface area contributed by atoms with Gasteiger partial charge in [-0.05, 0) is 36.8 Å². The van der Waals surface area contributed by atoms with Crippen molar-refractivity contribution in [2.75, 3.05) is 0 Å². The van der Waals surface area contributed by atoms with Crippen molar-refractivity contribution in [3.05, 3.63) is 63.6 Å². The molecule has 2 aromatic carbocycles. The van der Waals surface area contributed by atoms with Crippen LogP contribution in [0.2, 0.25) is 0 Å². The van der Waals surface area contributed by atoms with E-state index in [1.54, 1.807) is 5.51 Å². The van der Waals surface area contributed by atoms with Crippen molar-refractivity contribution < 1.29 is 4.79 Å². The summed E-state index contributed by atoms with van der Waals surface area (Å²) in [5, 5.41) is 3.03. The minimum Gasteiger partial charge on any atom is -0.345 e. The highest BCUT2D eigenvalue weighted by atomic mass is 79.9. The van der Waals surface area contributed by atoms with Crippen molar-refractivity contribution in [1.82, 2.24) is 10.3 Å². The summed E-state index contributed by atoms with van der Waals surface area (Å²) in [6.45, 7) is 1.98. The highest BCUT2D eigenvalue weighted by molar-refractivity contribution is 9.10. The van der Waals surface area contributed by atoms with Crippen molar-refractivity contribution in [1.29, 1.82) is 0 Å². The molecule has 0 aliphatic rings. The predicted octanol–water partition coefficient (Wildman–Crippen LogP) is 4.55. The lowest BCUT2D eigenvalue weighted by Crippen LogP contribution is -2.26. The van der Waals surface area contributed by atoms with Gasteiger partial charge in [-0.3, -0.25) is 4.79 Å². The van der Waals surface area contributed by atoms with Crippen molar-refractivity contribution in [3.8, 4) is 0 Å². The number of thiazole rings is 1. The average Bonchev–Trinajstić information content (AvgIpc) is 2.94. The van der Waals surface area contributed by atoms with Gasteiger partial charge in [-0.2, -0.15) is 0 Å². The maximum absolute atomic E-state index is 12.4. The van der Waals surface area contributed by atoms with Gasteiger partial charge in [0.15, 0.2) is 0 Å². The zero-order valence-electron chi connectivity index (χ0n) is 11.3. The molecule has 0 aliphatic heterocycles. The topological polar surface area (TPSA) is 42.0 Å². The smallest absolute Gasteiger partial charge is 0.251 e. The van der Waals surface area contributed by atoms with Gasteiger partial charge in [0.2, 0.25) is 0 Å². The fourth-order valence-corrected chi connectivity index (χ4v) is 3.52. The minimum atomic E-state index is -0.0754. The van der Waals surface area contributed by atoms with Gasteiger partial charge in [-0.15, -0.1) is 11.3 Å². The molecule has 0 fully saturated rings. The van der Waals surface area contributed by atoms with Crippen LogP contribution in [0, 0.1) is 0 Å². The van der Waals surface area contributed by atoms with Crippen LogP contribution in [0.25, 0.3) is 10.2 Å². The van der Waals surface area contributed by atoms with Crippen LogP contribution in [0.1, 0.15) is 28.9 Å². The number of carbonyl (C=O) groups is 1. The van der Waals surface area contributed by atoms with Gasteiger partial charge in [-0.1, -0.05) is 34.1 Å². The lowest BCUT2D eigenvalue weighted by Gasteiger charge is -2.15. The molecule has 0 saturated heterocycles. The third-order valence-corrected chi connectivity index (χ3v) is 4.83. The van der Waals surface area contributed by atoms with E-state index >= 15 is 0 Å². The van der Waals surface area contributed by atoms with Crippen LogP contribution in [0.3, 0.4) is 0 Å². The molecule has 0 saturated carbocycles. The number of amides is 1. The molecule has 5 heteroatoms. The van der Waals surface area contributed by atoms with Gasteiger partial charge in [0.1, 0.15) is 0 Å². The van der Waals surface area contributed by atoms with Crippen LogP contribution >= 0.6 is 27.3 Å². The second-order valence-corrected chi connectivity index (χ2v) is 6.49. The molecule has 0 bridgehead atoms. The van der Waals surface area contributed by atoms with E-state index in [-0.39, 0.29) is 11.9 Å². The maximum Gasteiger partial charge on any atom is 0.251 e. The number of rotatable bonds is 3. The second-order valence-electron chi connectivity index (χ2n) is 4.75. The van der Waals surface area contributed by atoms with Crippen molar-refractivity contribution in [2.24, 2.45) is 0 Å². The van der Waals surface area contributed by atoms with Gasteiger partial charge in [-0.25, -0.2) is 4.98 Å². The standard InChI is InChI=1S/C16H13BrN2OS/c1-10(12-4-2-3-5-13(12)17)19-16(20)11-6-7-14-15(8-11)21-9-18-14/h2-10H,1H3,(H,19,20)/t10-/m1/s1. The maximum atomic E-state index is 12.4. The van der Waals surface area contributed by atoms with Crippen molar-refractivity contribution >= 4 is 43.4 Å². The molecule has 1 atom stereocenters. The molecule has 21 heavy (non-hydrogen) atoms. The van der Waals surface area contributed by atoms with E-state index in [4.69, 9.17) is 0 Å². The molecule has 1 amide bonds. The van der Waals surface area contributed by atoms with Gasteiger partial charge in [0.05, 0.1) is 21.8 Å². The SMILES string of the molecule is C[C@@H](NC(=O)c1ccc2ncsc2c1)c1ccccc1Br. The summed E-state index contributed by atoms with van der Waals surface area (Å²) in [4.78, 5) is 16.6. The number of nitrogens with one attached hydrogen (secondary N) is 1. The zero-order chi connectivity index (χ0) is 14.8. The highest BCUT2D eigenvalue weighted by Gasteiger charge is 2.14. The molecular weight excluding hydrogens is 348 g/mol. The number of halogens is 1. The zero-order valence-corrected chi connectivity index (χ0v) is 13.7. The van der Waals surface area contributed by atoms with E-state index in [1.807, 2.05) is 49.4 Å². The van der Waals surface area contributed by atoms with Crippen molar-refractivity contribution in [2.45, 2.75) is 13.0 Å². The molecule has 106 valence electrons. The van der Waals surface area contributed by atoms with E-state index in [1.165, 1.54) is 11.3 Å². The second kappa shape index (κ2) is 5.95. The molecule has 0 unspecified atom stereocenters. The number of fused-ring (bicyclic) bond motifs is 1.